The number of hydrogen-bond acceptors (Lipinski definition) is 4. The van der Waals surface area contributed by atoms with Gasteiger partial charge in [-0.15, -0.1) is 0 Å². The minimum atomic E-state index is -0.386. The van der Waals surface area contributed by atoms with Gasteiger partial charge in [-0.1, -0.05) is 0 Å². The van der Waals surface area contributed by atoms with Gasteiger partial charge in [-0.3, -0.25) is 9.59 Å². The van der Waals surface area contributed by atoms with Crippen molar-refractivity contribution in [2.24, 2.45) is 0 Å². The molecule has 4 rings (SSSR count). The van der Waals surface area contributed by atoms with Crippen molar-refractivity contribution in [3.05, 3.63) is 52.3 Å². The van der Waals surface area contributed by atoms with Gasteiger partial charge in [0.1, 0.15) is 17.9 Å². The minimum absolute atomic E-state index is 0.0930. The van der Waals surface area contributed by atoms with E-state index in [0.29, 0.717) is 22.3 Å². The Balaban J connectivity index is 1.75. The number of nitrogens with zero attached hydrogens (tertiary/aromatic N) is 5. The lowest BCUT2D eigenvalue weighted by atomic mass is 10.1. The molecular formula is C19H20FN5O2. The summed E-state index contributed by atoms with van der Waals surface area (Å²) >= 11 is 0. The van der Waals surface area contributed by atoms with Crippen molar-refractivity contribution < 1.29 is 9.18 Å². The lowest BCUT2D eigenvalue weighted by Crippen LogP contribution is -2.40. The molecule has 8 heteroatoms. The Morgan fingerprint density at radius 2 is 1.85 bits per heavy atom. The van der Waals surface area contributed by atoms with Crippen LogP contribution in [-0.4, -0.2) is 43.5 Å². The largest absolute Gasteiger partial charge is 0.341 e. The minimum Gasteiger partial charge on any atom is -0.341 e. The Kier molecular flexibility index (Phi) is 4.47. The second-order valence-electron chi connectivity index (χ2n) is 6.78. The molecule has 0 radical (unpaired) electrons. The van der Waals surface area contributed by atoms with Gasteiger partial charge < -0.3 is 4.90 Å². The second-order valence-corrected chi connectivity index (χ2v) is 6.78. The fraction of sp³-hybridized carbons (Fsp3) is 0.368. The van der Waals surface area contributed by atoms with Gasteiger partial charge in [-0.25, -0.2) is 13.8 Å². The summed E-state index contributed by atoms with van der Waals surface area (Å²) in [6.45, 7) is 3.13. The van der Waals surface area contributed by atoms with Crippen LogP contribution in [0.1, 0.15) is 25.0 Å². The molecule has 0 aliphatic carbocycles. The topological polar surface area (TPSA) is 73.0 Å². The van der Waals surface area contributed by atoms with Crippen LogP contribution in [0, 0.1) is 12.7 Å². The molecule has 3 aromatic rings. The zero-order chi connectivity index (χ0) is 19.0. The molecule has 0 spiro atoms. The summed E-state index contributed by atoms with van der Waals surface area (Å²) in [4.78, 5) is 27.4. The SMILES string of the molecule is Cc1nn(CC(=O)N2CCCCC2)c(=O)c2c1cnn2-c1ccc(F)cc1. The van der Waals surface area contributed by atoms with Gasteiger partial charge in [-0.05, 0) is 50.5 Å². The molecule has 2 aromatic heterocycles. The highest BCUT2D eigenvalue weighted by Crippen LogP contribution is 2.17. The van der Waals surface area contributed by atoms with Crippen LogP contribution in [-0.2, 0) is 11.3 Å². The number of aromatic nitrogens is 4. The van der Waals surface area contributed by atoms with Crippen LogP contribution >= 0.6 is 0 Å². The Morgan fingerprint density at radius 1 is 1.15 bits per heavy atom. The average molecular weight is 369 g/mol. The number of carbonyl (C=O) groups is 1. The van der Waals surface area contributed by atoms with E-state index in [2.05, 4.69) is 10.2 Å². The number of likely N-dealkylation sites (tertiary alicyclic amines) is 1. The highest BCUT2D eigenvalue weighted by atomic mass is 19.1. The summed E-state index contributed by atoms with van der Waals surface area (Å²) in [6.07, 6.45) is 4.68. The average Bonchev–Trinajstić information content (AvgIpc) is 3.13. The Morgan fingerprint density at radius 3 is 2.56 bits per heavy atom. The first-order chi connectivity index (χ1) is 13.0. The Labute approximate surface area is 155 Å². The van der Waals surface area contributed by atoms with Crippen molar-refractivity contribution in [2.75, 3.05) is 13.1 Å². The van der Waals surface area contributed by atoms with Crippen LogP contribution in [0.15, 0.2) is 35.3 Å². The lowest BCUT2D eigenvalue weighted by Gasteiger charge is -2.26. The highest BCUT2D eigenvalue weighted by molar-refractivity contribution is 5.82. The summed E-state index contributed by atoms with van der Waals surface area (Å²) < 4.78 is 15.9. The van der Waals surface area contributed by atoms with E-state index in [9.17, 15) is 14.0 Å². The third-order valence-corrected chi connectivity index (χ3v) is 4.93. The summed E-state index contributed by atoms with van der Waals surface area (Å²) in [7, 11) is 0. The van der Waals surface area contributed by atoms with E-state index in [4.69, 9.17) is 0 Å². The molecule has 140 valence electrons. The van der Waals surface area contributed by atoms with Gasteiger partial charge in [0.2, 0.25) is 5.91 Å². The van der Waals surface area contributed by atoms with E-state index < -0.39 is 0 Å². The number of piperidine rings is 1. The summed E-state index contributed by atoms with van der Waals surface area (Å²) in [5.41, 5.74) is 1.13. The molecule has 0 saturated carbocycles. The van der Waals surface area contributed by atoms with E-state index >= 15 is 0 Å². The van der Waals surface area contributed by atoms with Crippen LogP contribution in [0.4, 0.5) is 4.39 Å². The number of rotatable bonds is 3. The molecule has 1 aliphatic rings. The van der Waals surface area contributed by atoms with Gasteiger partial charge in [0, 0.05) is 18.5 Å². The monoisotopic (exact) mass is 369 g/mol. The maximum atomic E-state index is 13.2. The van der Waals surface area contributed by atoms with Gasteiger partial charge in [0.25, 0.3) is 5.56 Å². The molecule has 1 aliphatic heterocycles. The van der Waals surface area contributed by atoms with Crippen LogP contribution < -0.4 is 5.56 Å². The standard InChI is InChI=1S/C19H20FN5O2/c1-13-16-11-21-25(15-7-5-14(20)6-8-15)18(16)19(27)24(22-13)12-17(26)23-9-3-2-4-10-23/h5-8,11H,2-4,9-10,12H2,1H3. The number of hydrogen-bond donors (Lipinski definition) is 0. The molecular weight excluding hydrogens is 349 g/mol. The van der Waals surface area contributed by atoms with Gasteiger partial charge >= 0.3 is 0 Å². The predicted molar refractivity (Wildman–Crippen MR) is 98.3 cm³/mol. The first-order valence-electron chi connectivity index (χ1n) is 9.04. The van der Waals surface area contributed by atoms with Gasteiger partial charge in [-0.2, -0.15) is 10.2 Å². The molecule has 3 heterocycles. The van der Waals surface area contributed by atoms with Crippen molar-refractivity contribution >= 4 is 16.8 Å². The molecule has 0 atom stereocenters. The first kappa shape index (κ1) is 17.4. The van der Waals surface area contributed by atoms with Crippen molar-refractivity contribution in [3.8, 4) is 5.69 Å². The second kappa shape index (κ2) is 6.94. The van der Waals surface area contributed by atoms with Crippen molar-refractivity contribution in [1.82, 2.24) is 24.5 Å². The number of benzene rings is 1. The van der Waals surface area contributed by atoms with Gasteiger partial charge in [0.15, 0.2) is 0 Å². The number of amides is 1. The zero-order valence-corrected chi connectivity index (χ0v) is 15.1. The Hall–Kier alpha value is -3.03. The molecule has 0 N–H and O–H groups in total. The third-order valence-electron chi connectivity index (χ3n) is 4.93. The van der Waals surface area contributed by atoms with E-state index in [1.165, 1.54) is 21.5 Å². The van der Waals surface area contributed by atoms with Gasteiger partial charge in [0.05, 0.1) is 17.6 Å². The smallest absolute Gasteiger partial charge is 0.293 e. The summed E-state index contributed by atoms with van der Waals surface area (Å²) in [5, 5.41) is 9.19. The van der Waals surface area contributed by atoms with E-state index in [1.807, 2.05) is 0 Å². The quantitative estimate of drug-likeness (QED) is 0.708. The van der Waals surface area contributed by atoms with E-state index in [-0.39, 0.29) is 23.8 Å². The lowest BCUT2D eigenvalue weighted by molar-refractivity contribution is -0.133. The first-order valence-corrected chi connectivity index (χ1v) is 9.04. The van der Waals surface area contributed by atoms with Crippen molar-refractivity contribution in [1.29, 1.82) is 0 Å². The number of carbonyl (C=O) groups excluding carboxylic acids is 1. The van der Waals surface area contributed by atoms with E-state index in [0.717, 1.165) is 32.4 Å². The molecule has 27 heavy (non-hydrogen) atoms. The van der Waals surface area contributed by atoms with Crippen LogP contribution in [0.3, 0.4) is 0 Å². The zero-order valence-electron chi connectivity index (χ0n) is 15.1. The Bertz CT molecular complexity index is 1050. The summed E-state index contributed by atoms with van der Waals surface area (Å²) in [5.74, 6) is -0.464. The molecule has 1 aromatic carbocycles. The van der Waals surface area contributed by atoms with Crippen LogP contribution in [0.5, 0.6) is 0 Å². The van der Waals surface area contributed by atoms with Crippen LogP contribution in [0.25, 0.3) is 16.6 Å². The molecule has 7 nitrogen and oxygen atoms in total. The molecule has 0 unspecified atom stereocenters. The maximum Gasteiger partial charge on any atom is 0.293 e. The van der Waals surface area contributed by atoms with Crippen molar-refractivity contribution in [2.45, 2.75) is 32.7 Å². The van der Waals surface area contributed by atoms with E-state index in [1.54, 1.807) is 30.2 Å². The fourth-order valence-corrected chi connectivity index (χ4v) is 3.48. The highest BCUT2D eigenvalue weighted by Gasteiger charge is 2.20. The molecule has 1 amide bonds. The molecule has 1 fully saturated rings. The summed E-state index contributed by atoms with van der Waals surface area (Å²) in [6, 6.07) is 5.74. The molecule has 0 bridgehead atoms. The number of aryl methyl sites for hydroxylation is 1. The van der Waals surface area contributed by atoms with Crippen LogP contribution in [0.2, 0.25) is 0 Å². The molecule has 1 saturated heterocycles. The number of fused-ring (bicyclic) bond motifs is 1. The van der Waals surface area contributed by atoms with Crippen molar-refractivity contribution in [3.63, 3.8) is 0 Å². The predicted octanol–water partition coefficient (Wildman–Crippen LogP) is 2.04. The normalized spacial score (nSPS) is 14.7. The maximum absolute atomic E-state index is 13.2. The number of halogens is 1. The third kappa shape index (κ3) is 3.22. The fourth-order valence-electron chi connectivity index (χ4n) is 3.48.